The summed E-state index contributed by atoms with van der Waals surface area (Å²) < 4.78 is 5.13. The number of rotatable bonds is 5. The molecule has 0 N–H and O–H groups in total. The van der Waals surface area contributed by atoms with E-state index in [2.05, 4.69) is 4.98 Å². The number of pyridine rings is 1. The fourth-order valence-electron chi connectivity index (χ4n) is 3.21. The number of benzene rings is 1. The van der Waals surface area contributed by atoms with Crippen molar-refractivity contribution in [1.82, 2.24) is 4.98 Å². The monoisotopic (exact) mass is 355 g/mol. The minimum absolute atomic E-state index is 0.0288. The van der Waals surface area contributed by atoms with Gasteiger partial charge in [-0.15, -0.1) is 0 Å². The van der Waals surface area contributed by atoms with Crippen molar-refractivity contribution < 1.29 is 14.5 Å². The van der Waals surface area contributed by atoms with Gasteiger partial charge in [0.15, 0.2) is 5.69 Å². The molecule has 1 unspecified atom stereocenters. The molecule has 2 aromatic rings. The van der Waals surface area contributed by atoms with Crippen LogP contribution in [0.1, 0.15) is 19.8 Å². The van der Waals surface area contributed by atoms with Crippen molar-refractivity contribution in [3.8, 4) is 11.3 Å². The molecular formula is C19H21N3O4. The first kappa shape index (κ1) is 17.8. The largest absolute Gasteiger partial charge is 0.466 e. The van der Waals surface area contributed by atoms with Crippen LogP contribution in [0, 0.1) is 16.0 Å². The summed E-state index contributed by atoms with van der Waals surface area (Å²) in [6.45, 7) is 3.43. The molecule has 1 aliphatic heterocycles. The first-order valence-corrected chi connectivity index (χ1v) is 8.72. The Balaban J connectivity index is 1.91. The lowest BCUT2D eigenvalue weighted by Gasteiger charge is -2.32. The number of piperidine rings is 1. The van der Waals surface area contributed by atoms with Crippen molar-refractivity contribution in [2.75, 3.05) is 24.6 Å². The highest BCUT2D eigenvalue weighted by Crippen LogP contribution is 2.31. The number of anilines is 1. The Morgan fingerprint density at radius 3 is 2.77 bits per heavy atom. The molecule has 0 saturated carbocycles. The Hall–Kier alpha value is -2.96. The van der Waals surface area contributed by atoms with Crippen molar-refractivity contribution in [3.63, 3.8) is 0 Å². The van der Waals surface area contributed by atoms with Gasteiger partial charge in [0.2, 0.25) is 0 Å². The standard InChI is InChI=1S/C19H21N3O4/c1-2-26-19(23)15-9-6-12-21(13-15)17-11-10-16(22(24)25)18(20-17)14-7-4-3-5-8-14/h3-5,7-8,10-11,15H,2,6,9,12-13H2,1H3. The maximum Gasteiger partial charge on any atom is 0.310 e. The predicted molar refractivity (Wildman–Crippen MR) is 97.9 cm³/mol. The molecule has 2 heterocycles. The molecular weight excluding hydrogens is 334 g/mol. The molecule has 1 aromatic carbocycles. The summed E-state index contributed by atoms with van der Waals surface area (Å²) in [5.41, 5.74) is 1.00. The molecule has 3 rings (SSSR count). The summed E-state index contributed by atoms with van der Waals surface area (Å²) in [5.74, 6) is 0.256. The fraction of sp³-hybridized carbons (Fsp3) is 0.368. The first-order valence-electron chi connectivity index (χ1n) is 8.72. The third kappa shape index (κ3) is 3.82. The van der Waals surface area contributed by atoms with Gasteiger partial charge in [0, 0.05) is 24.7 Å². The van der Waals surface area contributed by atoms with Gasteiger partial charge in [-0.25, -0.2) is 4.98 Å². The van der Waals surface area contributed by atoms with Crippen molar-refractivity contribution in [1.29, 1.82) is 0 Å². The average Bonchev–Trinajstić information content (AvgIpc) is 2.68. The number of nitrogens with zero attached hydrogens (tertiary/aromatic N) is 3. The lowest BCUT2D eigenvalue weighted by Crippen LogP contribution is -2.39. The van der Waals surface area contributed by atoms with Crippen LogP contribution in [0.5, 0.6) is 0 Å². The number of carbonyl (C=O) groups is 1. The quantitative estimate of drug-likeness (QED) is 0.464. The van der Waals surface area contributed by atoms with E-state index in [4.69, 9.17) is 4.74 Å². The number of carbonyl (C=O) groups excluding carboxylic acids is 1. The third-order valence-corrected chi connectivity index (χ3v) is 4.47. The summed E-state index contributed by atoms with van der Waals surface area (Å²) in [6.07, 6.45) is 1.64. The Bertz CT molecular complexity index is 795. The normalized spacial score (nSPS) is 17.0. The second-order valence-corrected chi connectivity index (χ2v) is 6.20. The molecule has 7 nitrogen and oxygen atoms in total. The molecule has 1 atom stereocenters. The topological polar surface area (TPSA) is 85.6 Å². The predicted octanol–water partition coefficient (Wildman–Crippen LogP) is 3.44. The number of hydrogen-bond donors (Lipinski definition) is 0. The van der Waals surface area contributed by atoms with E-state index < -0.39 is 4.92 Å². The van der Waals surface area contributed by atoms with E-state index in [0.29, 0.717) is 30.2 Å². The molecule has 0 spiro atoms. The maximum atomic E-state index is 12.0. The first-order chi connectivity index (χ1) is 12.6. The van der Waals surface area contributed by atoms with Gasteiger partial charge >= 0.3 is 5.97 Å². The van der Waals surface area contributed by atoms with Gasteiger partial charge in [-0.05, 0) is 25.8 Å². The minimum Gasteiger partial charge on any atom is -0.466 e. The van der Waals surface area contributed by atoms with Crippen molar-refractivity contribution in [2.24, 2.45) is 5.92 Å². The van der Waals surface area contributed by atoms with Crippen LogP contribution in [-0.4, -0.2) is 35.6 Å². The highest BCUT2D eigenvalue weighted by Gasteiger charge is 2.28. The molecule has 7 heteroatoms. The Labute approximate surface area is 151 Å². The molecule has 26 heavy (non-hydrogen) atoms. The van der Waals surface area contributed by atoms with Crippen LogP contribution in [0.15, 0.2) is 42.5 Å². The second-order valence-electron chi connectivity index (χ2n) is 6.20. The number of esters is 1. The van der Waals surface area contributed by atoms with E-state index in [-0.39, 0.29) is 17.6 Å². The van der Waals surface area contributed by atoms with Gasteiger partial charge in [0.1, 0.15) is 5.82 Å². The molecule has 1 aromatic heterocycles. The van der Waals surface area contributed by atoms with Crippen LogP contribution in [0.3, 0.4) is 0 Å². The molecule has 1 aliphatic rings. The van der Waals surface area contributed by atoms with Crippen LogP contribution in [-0.2, 0) is 9.53 Å². The zero-order chi connectivity index (χ0) is 18.5. The van der Waals surface area contributed by atoms with Crippen LogP contribution in [0.2, 0.25) is 0 Å². The summed E-state index contributed by atoms with van der Waals surface area (Å²) in [6, 6.07) is 12.2. The summed E-state index contributed by atoms with van der Waals surface area (Å²) in [4.78, 5) is 29.6. The zero-order valence-corrected chi connectivity index (χ0v) is 14.6. The Morgan fingerprint density at radius 2 is 2.08 bits per heavy atom. The number of aromatic nitrogens is 1. The lowest BCUT2D eigenvalue weighted by molar-refractivity contribution is -0.384. The molecule has 0 amide bonds. The smallest absolute Gasteiger partial charge is 0.310 e. The molecule has 1 saturated heterocycles. The molecule has 0 aliphatic carbocycles. The third-order valence-electron chi connectivity index (χ3n) is 4.47. The second kappa shape index (κ2) is 7.95. The molecule has 136 valence electrons. The van der Waals surface area contributed by atoms with Gasteiger partial charge < -0.3 is 9.64 Å². The van der Waals surface area contributed by atoms with Gasteiger partial charge in [-0.2, -0.15) is 0 Å². The van der Waals surface area contributed by atoms with E-state index in [1.54, 1.807) is 25.1 Å². The van der Waals surface area contributed by atoms with Crippen LogP contribution in [0.25, 0.3) is 11.3 Å². The molecule has 0 bridgehead atoms. The number of hydrogen-bond acceptors (Lipinski definition) is 6. The highest BCUT2D eigenvalue weighted by atomic mass is 16.6. The highest BCUT2D eigenvalue weighted by molar-refractivity contribution is 5.74. The lowest BCUT2D eigenvalue weighted by atomic mass is 9.98. The Morgan fingerprint density at radius 1 is 1.31 bits per heavy atom. The van der Waals surface area contributed by atoms with E-state index in [1.807, 2.05) is 23.1 Å². The van der Waals surface area contributed by atoms with E-state index in [9.17, 15) is 14.9 Å². The van der Waals surface area contributed by atoms with Crippen LogP contribution in [0.4, 0.5) is 11.5 Å². The average molecular weight is 355 g/mol. The summed E-state index contributed by atoms with van der Waals surface area (Å²) >= 11 is 0. The van der Waals surface area contributed by atoms with Gasteiger partial charge in [0.05, 0.1) is 17.4 Å². The van der Waals surface area contributed by atoms with Gasteiger partial charge in [-0.1, -0.05) is 30.3 Å². The van der Waals surface area contributed by atoms with Crippen molar-refractivity contribution in [2.45, 2.75) is 19.8 Å². The summed E-state index contributed by atoms with van der Waals surface area (Å²) in [5, 5.41) is 11.4. The number of ether oxygens (including phenoxy) is 1. The zero-order valence-electron chi connectivity index (χ0n) is 14.6. The Kier molecular flexibility index (Phi) is 5.46. The van der Waals surface area contributed by atoms with E-state index >= 15 is 0 Å². The maximum absolute atomic E-state index is 12.0. The molecule has 1 fully saturated rings. The minimum atomic E-state index is -0.420. The molecule has 0 radical (unpaired) electrons. The van der Waals surface area contributed by atoms with Crippen LogP contribution >= 0.6 is 0 Å². The van der Waals surface area contributed by atoms with E-state index in [1.165, 1.54) is 6.07 Å². The van der Waals surface area contributed by atoms with Crippen molar-refractivity contribution in [3.05, 3.63) is 52.6 Å². The van der Waals surface area contributed by atoms with Crippen LogP contribution < -0.4 is 4.90 Å². The SMILES string of the molecule is CCOC(=O)C1CCCN(c2ccc([N+](=O)[O-])c(-c3ccccc3)n2)C1. The van der Waals surface area contributed by atoms with Crippen molar-refractivity contribution >= 4 is 17.5 Å². The van der Waals surface area contributed by atoms with Gasteiger partial charge in [-0.3, -0.25) is 14.9 Å². The van der Waals surface area contributed by atoms with E-state index in [0.717, 1.165) is 19.4 Å². The fourth-order valence-corrected chi connectivity index (χ4v) is 3.21. The summed E-state index contributed by atoms with van der Waals surface area (Å²) in [7, 11) is 0. The number of nitro groups is 1. The van der Waals surface area contributed by atoms with Gasteiger partial charge in [0.25, 0.3) is 5.69 Å².